The number of aliphatic hydroxyl groups is 2. The highest BCUT2D eigenvalue weighted by Gasteiger charge is 2.32. The zero-order valence-corrected chi connectivity index (χ0v) is 15.9. The number of fused-ring (bicyclic) bond motifs is 5. The average Bonchev–Trinajstić information content (AvgIpc) is 3.34. The van der Waals surface area contributed by atoms with Crippen molar-refractivity contribution < 1.29 is 15.0 Å². The maximum absolute atomic E-state index is 13.3. The Balaban J connectivity index is 1.65. The summed E-state index contributed by atoms with van der Waals surface area (Å²) in [6.45, 7) is -0.162. The van der Waals surface area contributed by atoms with E-state index in [1.165, 1.54) is 15.4 Å². The quantitative estimate of drug-likeness (QED) is 0.459. The molecule has 150 valence electrons. The zero-order valence-electron chi connectivity index (χ0n) is 15.9. The molecule has 2 aromatic carbocycles. The second kappa shape index (κ2) is 7.01. The van der Waals surface area contributed by atoms with E-state index in [9.17, 15) is 14.7 Å². The fraction of sp³-hybridized carbons (Fsp3) is 0.182. The number of nitrogens with zero attached hydrogens (tertiary/aromatic N) is 4. The number of pyridine rings is 1. The molecule has 0 aliphatic heterocycles. The molecule has 8 nitrogen and oxygen atoms in total. The first-order chi connectivity index (χ1) is 14.6. The second-order valence-corrected chi connectivity index (χ2v) is 7.30. The number of hydrogen-bond donors (Lipinski definition) is 2. The van der Waals surface area contributed by atoms with Crippen LogP contribution in [0.2, 0.25) is 0 Å². The molecule has 1 unspecified atom stereocenters. The van der Waals surface area contributed by atoms with E-state index in [2.05, 4.69) is 10.3 Å². The smallest absolute Gasteiger partial charge is 0.259 e. The van der Waals surface area contributed by atoms with Crippen LogP contribution in [0.3, 0.4) is 0 Å². The van der Waals surface area contributed by atoms with E-state index in [-0.39, 0.29) is 31.0 Å². The Hall–Kier alpha value is -3.62. The lowest BCUT2D eigenvalue weighted by Crippen LogP contribution is -2.31. The molecule has 0 saturated carbocycles. The number of hydrogen-bond acceptors (Lipinski definition) is 6. The Labute approximate surface area is 170 Å². The summed E-state index contributed by atoms with van der Waals surface area (Å²) in [5.41, 5.74) is 2.40. The summed E-state index contributed by atoms with van der Waals surface area (Å²) in [6, 6.07) is 14.2. The van der Waals surface area contributed by atoms with E-state index in [1.807, 2.05) is 12.1 Å². The minimum atomic E-state index is -0.955. The van der Waals surface area contributed by atoms with E-state index in [1.54, 1.807) is 36.4 Å². The van der Waals surface area contributed by atoms with E-state index in [0.717, 1.165) is 0 Å². The van der Waals surface area contributed by atoms with Gasteiger partial charge in [0.1, 0.15) is 5.69 Å². The lowest BCUT2D eigenvalue weighted by Gasteiger charge is -2.18. The van der Waals surface area contributed by atoms with Crippen molar-refractivity contribution in [1.29, 1.82) is 0 Å². The molecular weight excluding hydrogens is 384 g/mol. The van der Waals surface area contributed by atoms with E-state index in [4.69, 9.17) is 5.11 Å². The van der Waals surface area contributed by atoms with Gasteiger partial charge in [0.15, 0.2) is 5.78 Å². The fourth-order valence-electron chi connectivity index (χ4n) is 4.09. The van der Waals surface area contributed by atoms with Crippen molar-refractivity contribution in [2.45, 2.75) is 25.8 Å². The highest BCUT2D eigenvalue weighted by Crippen LogP contribution is 2.39. The fourth-order valence-corrected chi connectivity index (χ4v) is 4.09. The minimum absolute atomic E-state index is 0.0120. The van der Waals surface area contributed by atoms with Gasteiger partial charge < -0.3 is 14.8 Å². The van der Waals surface area contributed by atoms with Crippen molar-refractivity contribution in [3.8, 4) is 11.3 Å². The molecule has 2 aromatic heterocycles. The molecule has 0 saturated heterocycles. The van der Waals surface area contributed by atoms with E-state index < -0.39 is 6.10 Å². The van der Waals surface area contributed by atoms with Crippen molar-refractivity contribution in [2.24, 2.45) is 0 Å². The van der Waals surface area contributed by atoms with Crippen LogP contribution < -0.4 is 5.56 Å². The Morgan fingerprint density at radius 3 is 2.37 bits per heavy atom. The Bertz CT molecular complexity index is 1360. The predicted octanol–water partition coefficient (Wildman–Crippen LogP) is 1.36. The minimum Gasteiger partial charge on any atom is -0.390 e. The van der Waals surface area contributed by atoms with Crippen LogP contribution in [0, 0.1) is 0 Å². The number of aliphatic hydroxyl groups excluding tert-OH is 2. The average molecular weight is 402 g/mol. The van der Waals surface area contributed by atoms with Crippen LogP contribution in [0.5, 0.6) is 0 Å². The molecule has 1 aliphatic carbocycles. The normalized spacial score (nSPS) is 13.5. The molecule has 1 atom stereocenters. The van der Waals surface area contributed by atoms with Gasteiger partial charge in [-0.1, -0.05) is 47.7 Å². The third-order valence-electron chi connectivity index (χ3n) is 5.37. The van der Waals surface area contributed by atoms with Crippen molar-refractivity contribution in [1.82, 2.24) is 19.6 Å². The molecule has 0 amide bonds. The van der Waals surface area contributed by atoms with Crippen molar-refractivity contribution in [3.05, 3.63) is 81.9 Å². The summed E-state index contributed by atoms with van der Waals surface area (Å²) in [5, 5.41) is 28.5. The maximum atomic E-state index is 13.3. The SMILES string of the molecule is O=C1c2ccccc2-c2c1c1ccccc1c(=O)n2CC(O)Cn1cc(CO)nn1. The lowest BCUT2D eigenvalue weighted by molar-refractivity contribution is 0.104. The first kappa shape index (κ1) is 18.4. The highest BCUT2D eigenvalue weighted by atomic mass is 16.3. The predicted molar refractivity (Wildman–Crippen MR) is 109 cm³/mol. The molecule has 0 fully saturated rings. The first-order valence-electron chi connectivity index (χ1n) is 9.56. The Morgan fingerprint density at radius 2 is 1.63 bits per heavy atom. The summed E-state index contributed by atoms with van der Waals surface area (Å²) in [5.74, 6) is -0.121. The molecule has 8 heteroatoms. The van der Waals surface area contributed by atoms with E-state index in [0.29, 0.717) is 38.9 Å². The molecular formula is C22H18N4O4. The molecule has 0 spiro atoms. The molecule has 30 heavy (non-hydrogen) atoms. The van der Waals surface area contributed by atoms with Crippen LogP contribution in [-0.4, -0.2) is 41.7 Å². The van der Waals surface area contributed by atoms with Gasteiger partial charge >= 0.3 is 0 Å². The van der Waals surface area contributed by atoms with Gasteiger partial charge in [-0.25, -0.2) is 4.68 Å². The standard InChI is InChI=1S/C22H18N4O4/c27-12-13-9-25(24-23-13)10-14(28)11-26-20-16-6-2-3-7-17(16)21(29)19(20)15-5-1-4-8-18(15)22(26)30/h1-9,14,27-28H,10-12H2. The Morgan fingerprint density at radius 1 is 0.933 bits per heavy atom. The van der Waals surface area contributed by atoms with Crippen LogP contribution >= 0.6 is 0 Å². The van der Waals surface area contributed by atoms with Gasteiger partial charge in [0.05, 0.1) is 43.3 Å². The van der Waals surface area contributed by atoms with Gasteiger partial charge in [-0.2, -0.15) is 0 Å². The van der Waals surface area contributed by atoms with Gasteiger partial charge in [0.25, 0.3) is 5.56 Å². The maximum Gasteiger partial charge on any atom is 0.259 e. The molecule has 4 aromatic rings. The monoisotopic (exact) mass is 402 g/mol. The summed E-state index contributed by atoms with van der Waals surface area (Å²) in [4.78, 5) is 26.5. The lowest BCUT2D eigenvalue weighted by atomic mass is 10.0. The molecule has 2 N–H and O–H groups in total. The highest BCUT2D eigenvalue weighted by molar-refractivity contribution is 6.26. The molecule has 1 aliphatic rings. The summed E-state index contributed by atoms with van der Waals surface area (Å²) < 4.78 is 2.90. The van der Waals surface area contributed by atoms with Crippen LogP contribution in [0.4, 0.5) is 0 Å². The first-order valence-corrected chi connectivity index (χ1v) is 9.56. The Kier molecular flexibility index (Phi) is 4.30. The summed E-state index contributed by atoms with van der Waals surface area (Å²) in [7, 11) is 0. The molecule has 2 heterocycles. The number of rotatable bonds is 5. The zero-order chi connectivity index (χ0) is 20.8. The van der Waals surface area contributed by atoms with Gasteiger partial charge in [0, 0.05) is 21.9 Å². The van der Waals surface area contributed by atoms with Crippen molar-refractivity contribution in [3.63, 3.8) is 0 Å². The third kappa shape index (κ3) is 2.77. The van der Waals surface area contributed by atoms with Crippen LogP contribution in [0.25, 0.3) is 22.0 Å². The van der Waals surface area contributed by atoms with Crippen molar-refractivity contribution in [2.75, 3.05) is 0 Å². The number of carbonyl (C=O) groups is 1. The molecule has 0 bridgehead atoms. The topological polar surface area (TPSA) is 110 Å². The largest absolute Gasteiger partial charge is 0.390 e. The van der Waals surface area contributed by atoms with Crippen LogP contribution in [0.1, 0.15) is 21.6 Å². The van der Waals surface area contributed by atoms with Gasteiger partial charge in [-0.3, -0.25) is 9.59 Å². The van der Waals surface area contributed by atoms with E-state index >= 15 is 0 Å². The van der Waals surface area contributed by atoms with Crippen molar-refractivity contribution >= 4 is 16.6 Å². The molecule has 0 radical (unpaired) electrons. The number of ketones is 1. The summed E-state index contributed by atoms with van der Waals surface area (Å²) >= 11 is 0. The second-order valence-electron chi connectivity index (χ2n) is 7.30. The number of benzene rings is 2. The van der Waals surface area contributed by atoms with Gasteiger partial charge in [0.2, 0.25) is 0 Å². The van der Waals surface area contributed by atoms with Gasteiger partial charge in [-0.15, -0.1) is 5.10 Å². The molecule has 5 rings (SSSR count). The summed E-state index contributed by atoms with van der Waals surface area (Å²) in [6.07, 6.45) is 0.583. The van der Waals surface area contributed by atoms with Gasteiger partial charge in [-0.05, 0) is 6.07 Å². The number of aromatic nitrogens is 4. The third-order valence-corrected chi connectivity index (χ3v) is 5.37. The number of carbonyl (C=O) groups excluding carboxylic acids is 1. The van der Waals surface area contributed by atoms with Crippen LogP contribution in [0.15, 0.2) is 59.5 Å². The van der Waals surface area contributed by atoms with Crippen LogP contribution in [-0.2, 0) is 19.7 Å².